The Morgan fingerprint density at radius 3 is 2.56 bits per heavy atom. The first-order valence-corrected chi connectivity index (χ1v) is 6.12. The third kappa shape index (κ3) is 1.53. The predicted molar refractivity (Wildman–Crippen MR) is 70.9 cm³/mol. The van der Waals surface area contributed by atoms with E-state index in [4.69, 9.17) is 0 Å². The summed E-state index contributed by atoms with van der Waals surface area (Å²) in [5, 5.41) is 10.1. The number of aryl methyl sites for hydroxylation is 2. The van der Waals surface area contributed by atoms with Crippen LogP contribution in [0.2, 0.25) is 0 Å². The van der Waals surface area contributed by atoms with Crippen molar-refractivity contribution in [3.63, 3.8) is 0 Å². The number of carbonyl (C=O) groups excluding carboxylic acids is 1. The van der Waals surface area contributed by atoms with Crippen molar-refractivity contribution < 1.29 is 9.90 Å². The molecule has 1 aliphatic carbocycles. The second-order valence-electron chi connectivity index (χ2n) is 4.73. The van der Waals surface area contributed by atoms with Crippen molar-refractivity contribution in [2.75, 3.05) is 0 Å². The summed E-state index contributed by atoms with van der Waals surface area (Å²) in [5.74, 6) is 0.331. The molecular formula is C16H14O2. The van der Waals surface area contributed by atoms with Crippen LogP contribution in [0.1, 0.15) is 27.9 Å². The molecule has 0 heterocycles. The van der Waals surface area contributed by atoms with E-state index in [1.807, 2.05) is 37.3 Å². The van der Waals surface area contributed by atoms with Crippen LogP contribution in [-0.2, 0) is 6.42 Å². The van der Waals surface area contributed by atoms with Crippen LogP contribution < -0.4 is 0 Å². The van der Waals surface area contributed by atoms with Gasteiger partial charge in [-0.3, -0.25) is 4.79 Å². The van der Waals surface area contributed by atoms with Gasteiger partial charge in [0.25, 0.3) is 0 Å². The molecule has 2 heteroatoms. The van der Waals surface area contributed by atoms with Crippen molar-refractivity contribution in [3.05, 3.63) is 53.1 Å². The molecule has 2 aromatic carbocycles. The van der Waals surface area contributed by atoms with Crippen LogP contribution in [0.3, 0.4) is 0 Å². The Hall–Kier alpha value is -2.09. The Labute approximate surface area is 106 Å². The summed E-state index contributed by atoms with van der Waals surface area (Å²) in [4.78, 5) is 12.0. The Kier molecular flexibility index (Phi) is 2.44. The molecule has 0 bridgehead atoms. The summed E-state index contributed by atoms with van der Waals surface area (Å²) in [6.45, 7) is 1.99. The van der Waals surface area contributed by atoms with E-state index in [-0.39, 0.29) is 11.5 Å². The monoisotopic (exact) mass is 238 g/mol. The first-order chi connectivity index (χ1) is 8.68. The van der Waals surface area contributed by atoms with E-state index < -0.39 is 0 Å². The summed E-state index contributed by atoms with van der Waals surface area (Å²) in [6, 6.07) is 11.4. The van der Waals surface area contributed by atoms with Crippen LogP contribution in [0.5, 0.6) is 5.75 Å². The van der Waals surface area contributed by atoms with Gasteiger partial charge in [-0.15, -0.1) is 0 Å². The fraction of sp³-hybridized carbons (Fsp3) is 0.188. The van der Waals surface area contributed by atoms with Crippen molar-refractivity contribution in [1.82, 2.24) is 0 Å². The Balaban J connectivity index is 2.34. The molecule has 90 valence electrons. The molecule has 18 heavy (non-hydrogen) atoms. The fourth-order valence-corrected chi connectivity index (χ4v) is 2.66. The van der Waals surface area contributed by atoms with Gasteiger partial charge in [0.2, 0.25) is 0 Å². The number of phenols is 1. The Bertz CT molecular complexity index is 642. The Morgan fingerprint density at radius 1 is 1.00 bits per heavy atom. The minimum atomic E-state index is 0.138. The number of carbonyl (C=O) groups is 1. The van der Waals surface area contributed by atoms with Gasteiger partial charge in [0.15, 0.2) is 5.78 Å². The van der Waals surface area contributed by atoms with Gasteiger partial charge in [0.1, 0.15) is 5.75 Å². The lowest BCUT2D eigenvalue weighted by atomic mass is 9.93. The number of benzene rings is 2. The van der Waals surface area contributed by atoms with Crippen LogP contribution >= 0.6 is 0 Å². The van der Waals surface area contributed by atoms with Gasteiger partial charge in [-0.1, -0.05) is 30.3 Å². The summed E-state index contributed by atoms with van der Waals surface area (Å²) >= 11 is 0. The largest absolute Gasteiger partial charge is 0.507 e. The molecule has 0 aliphatic heterocycles. The van der Waals surface area contributed by atoms with Crippen molar-refractivity contribution in [1.29, 1.82) is 0 Å². The average Bonchev–Trinajstić information content (AvgIpc) is 2.73. The summed E-state index contributed by atoms with van der Waals surface area (Å²) in [5.41, 5.74) is 4.48. The van der Waals surface area contributed by atoms with Crippen LogP contribution in [0.15, 0.2) is 36.4 Å². The highest BCUT2D eigenvalue weighted by Crippen LogP contribution is 2.39. The smallest absolute Gasteiger partial charge is 0.164 e. The van der Waals surface area contributed by atoms with Crippen molar-refractivity contribution >= 4 is 5.78 Å². The molecule has 0 amide bonds. The number of aromatic hydroxyl groups is 1. The summed E-state index contributed by atoms with van der Waals surface area (Å²) in [7, 11) is 0. The van der Waals surface area contributed by atoms with Crippen molar-refractivity contribution in [2.45, 2.75) is 19.8 Å². The van der Waals surface area contributed by atoms with E-state index in [0.717, 1.165) is 23.1 Å². The Morgan fingerprint density at radius 2 is 1.78 bits per heavy atom. The van der Waals surface area contributed by atoms with Crippen molar-refractivity contribution in [2.24, 2.45) is 0 Å². The van der Waals surface area contributed by atoms with Gasteiger partial charge in [0, 0.05) is 17.5 Å². The maximum absolute atomic E-state index is 12.0. The maximum Gasteiger partial charge on any atom is 0.164 e. The molecule has 1 N–H and O–H groups in total. The lowest BCUT2D eigenvalue weighted by Gasteiger charge is -2.12. The number of fused-ring (bicyclic) bond motifs is 1. The predicted octanol–water partition coefficient (Wildman–Crippen LogP) is 3.50. The molecule has 0 atom stereocenters. The van der Waals surface area contributed by atoms with E-state index in [0.29, 0.717) is 17.5 Å². The lowest BCUT2D eigenvalue weighted by Crippen LogP contribution is -1.97. The molecule has 2 aromatic rings. The SMILES string of the molecule is Cc1ccccc1-c1c(O)ccc2c1C(=O)CC2. The summed E-state index contributed by atoms with van der Waals surface area (Å²) in [6.07, 6.45) is 1.34. The second kappa shape index (κ2) is 3.98. The number of ketones is 1. The first-order valence-electron chi connectivity index (χ1n) is 6.12. The molecule has 0 radical (unpaired) electrons. The van der Waals surface area contributed by atoms with Crippen LogP contribution in [0.25, 0.3) is 11.1 Å². The molecule has 1 aliphatic rings. The van der Waals surface area contributed by atoms with Crippen LogP contribution in [0.4, 0.5) is 0 Å². The molecule has 0 aromatic heterocycles. The van der Waals surface area contributed by atoms with Gasteiger partial charge in [0.05, 0.1) is 0 Å². The lowest BCUT2D eigenvalue weighted by molar-refractivity contribution is 0.0995. The van der Waals surface area contributed by atoms with Crippen LogP contribution in [-0.4, -0.2) is 10.9 Å². The van der Waals surface area contributed by atoms with Gasteiger partial charge in [-0.25, -0.2) is 0 Å². The number of rotatable bonds is 1. The zero-order chi connectivity index (χ0) is 12.7. The zero-order valence-electron chi connectivity index (χ0n) is 10.2. The molecule has 0 saturated carbocycles. The minimum Gasteiger partial charge on any atom is -0.507 e. The van der Waals surface area contributed by atoms with E-state index >= 15 is 0 Å². The number of Topliss-reactive ketones (excluding diaryl/α,β-unsaturated/α-hetero) is 1. The number of phenolic OH excluding ortho intramolecular Hbond substituents is 1. The van der Waals surface area contributed by atoms with E-state index in [1.165, 1.54) is 0 Å². The third-order valence-corrected chi connectivity index (χ3v) is 3.58. The zero-order valence-corrected chi connectivity index (χ0v) is 10.2. The van der Waals surface area contributed by atoms with Crippen molar-refractivity contribution in [3.8, 4) is 16.9 Å². The fourth-order valence-electron chi connectivity index (χ4n) is 2.66. The van der Waals surface area contributed by atoms with Gasteiger partial charge < -0.3 is 5.11 Å². The highest BCUT2D eigenvalue weighted by atomic mass is 16.3. The summed E-state index contributed by atoms with van der Waals surface area (Å²) < 4.78 is 0. The standard InChI is InChI=1S/C16H14O2/c1-10-4-2-3-5-12(10)16-14(18)9-7-11-6-8-13(17)15(11)16/h2-5,7,9,18H,6,8H2,1H3. The molecular weight excluding hydrogens is 224 g/mol. The molecule has 0 spiro atoms. The van der Waals surface area contributed by atoms with E-state index in [2.05, 4.69) is 0 Å². The normalized spacial score (nSPS) is 13.7. The average molecular weight is 238 g/mol. The van der Waals surface area contributed by atoms with E-state index in [9.17, 15) is 9.90 Å². The molecule has 0 saturated heterocycles. The highest BCUT2D eigenvalue weighted by Gasteiger charge is 2.26. The van der Waals surface area contributed by atoms with Crippen LogP contribution in [0, 0.1) is 6.92 Å². The molecule has 0 fully saturated rings. The third-order valence-electron chi connectivity index (χ3n) is 3.58. The topological polar surface area (TPSA) is 37.3 Å². The minimum absolute atomic E-state index is 0.138. The second-order valence-corrected chi connectivity index (χ2v) is 4.73. The quantitative estimate of drug-likeness (QED) is 0.825. The van der Waals surface area contributed by atoms with Gasteiger partial charge in [-0.2, -0.15) is 0 Å². The van der Waals surface area contributed by atoms with E-state index in [1.54, 1.807) is 6.07 Å². The number of hydrogen-bond acceptors (Lipinski definition) is 2. The molecule has 2 nitrogen and oxygen atoms in total. The highest BCUT2D eigenvalue weighted by molar-refractivity contribution is 6.07. The molecule has 0 unspecified atom stereocenters. The van der Waals surface area contributed by atoms with Gasteiger partial charge >= 0.3 is 0 Å². The first kappa shape index (κ1) is 11.0. The molecule has 3 rings (SSSR count). The maximum atomic E-state index is 12.0. The van der Waals surface area contributed by atoms with Gasteiger partial charge in [-0.05, 0) is 36.1 Å². The number of hydrogen-bond donors (Lipinski definition) is 1.